The van der Waals surface area contributed by atoms with Crippen LogP contribution in [0.5, 0.6) is 5.75 Å². The number of nitrogens with zero attached hydrogens (tertiary/aromatic N) is 1. The summed E-state index contributed by atoms with van der Waals surface area (Å²) in [6.07, 6.45) is -5.43. The third-order valence-electron chi connectivity index (χ3n) is 2.76. The number of ether oxygens (including phenoxy) is 2. The minimum absolute atomic E-state index is 0.0832. The highest BCUT2D eigenvalue weighted by molar-refractivity contribution is 5.45. The van der Waals surface area contributed by atoms with Crippen molar-refractivity contribution in [3.8, 4) is 5.75 Å². The first kappa shape index (κ1) is 13.7. The molecular formula is C11H13NO7. The fourth-order valence-corrected chi connectivity index (χ4v) is 1.72. The van der Waals surface area contributed by atoms with Crippen molar-refractivity contribution in [1.29, 1.82) is 0 Å². The van der Waals surface area contributed by atoms with Crippen LogP contribution in [0.3, 0.4) is 0 Å². The lowest BCUT2D eigenvalue weighted by Gasteiger charge is -2.34. The maximum absolute atomic E-state index is 10.8. The van der Waals surface area contributed by atoms with Gasteiger partial charge in [-0.15, -0.1) is 0 Å². The molecule has 0 unspecified atom stereocenters. The SMILES string of the molecule is O=[N+]([O-])c1ccccc1O[C@H]1OC[C@H](O)[C@@H](O)[C@@H]1O. The fourth-order valence-electron chi connectivity index (χ4n) is 1.72. The zero-order valence-electron chi connectivity index (χ0n) is 9.75. The summed E-state index contributed by atoms with van der Waals surface area (Å²) in [5, 5.41) is 39.2. The Labute approximate surface area is 108 Å². The van der Waals surface area contributed by atoms with Crippen LogP contribution < -0.4 is 4.74 Å². The molecule has 1 aromatic carbocycles. The zero-order valence-corrected chi connectivity index (χ0v) is 9.75. The summed E-state index contributed by atoms with van der Waals surface area (Å²) < 4.78 is 10.2. The first-order valence-electron chi connectivity index (χ1n) is 5.56. The minimum Gasteiger partial charge on any atom is -0.455 e. The lowest BCUT2D eigenvalue weighted by atomic mass is 10.1. The summed E-state index contributed by atoms with van der Waals surface area (Å²) in [6, 6.07) is 5.60. The number of nitro groups is 1. The molecule has 8 heteroatoms. The third-order valence-corrected chi connectivity index (χ3v) is 2.76. The zero-order chi connectivity index (χ0) is 14.0. The normalized spacial score (nSPS) is 30.9. The van der Waals surface area contributed by atoms with E-state index in [1.165, 1.54) is 24.3 Å². The molecule has 1 aromatic rings. The van der Waals surface area contributed by atoms with Gasteiger partial charge in [0.15, 0.2) is 5.75 Å². The first-order valence-corrected chi connectivity index (χ1v) is 5.56. The van der Waals surface area contributed by atoms with Crippen LogP contribution >= 0.6 is 0 Å². The molecule has 0 radical (unpaired) electrons. The van der Waals surface area contributed by atoms with E-state index >= 15 is 0 Å². The number of hydrogen-bond donors (Lipinski definition) is 3. The van der Waals surface area contributed by atoms with Crippen molar-refractivity contribution in [2.45, 2.75) is 24.6 Å². The van der Waals surface area contributed by atoms with Crippen molar-refractivity contribution in [3.63, 3.8) is 0 Å². The standard InChI is InChI=1S/C11H13NO7/c13-7-5-18-11(10(15)9(7)14)19-8-4-2-1-3-6(8)12(16)17/h1-4,7,9-11,13-15H,5H2/t7-,9+,10-,11+/m0/s1. The number of benzene rings is 1. The van der Waals surface area contributed by atoms with Crippen LogP contribution in [0, 0.1) is 10.1 Å². The maximum Gasteiger partial charge on any atom is 0.311 e. The lowest BCUT2D eigenvalue weighted by molar-refractivity contribution is -0.386. The topological polar surface area (TPSA) is 122 Å². The number of para-hydroxylation sites is 2. The number of nitro benzene ring substituents is 1. The molecule has 19 heavy (non-hydrogen) atoms. The molecule has 0 aliphatic carbocycles. The molecule has 1 saturated heterocycles. The Morgan fingerprint density at radius 3 is 2.63 bits per heavy atom. The summed E-state index contributed by atoms with van der Waals surface area (Å²) in [5.41, 5.74) is -0.279. The Hall–Kier alpha value is -1.74. The molecular weight excluding hydrogens is 258 g/mol. The molecule has 1 heterocycles. The third kappa shape index (κ3) is 2.82. The molecule has 8 nitrogen and oxygen atoms in total. The second-order valence-electron chi connectivity index (χ2n) is 4.09. The predicted octanol–water partition coefficient (Wildman–Crippen LogP) is -0.587. The van der Waals surface area contributed by atoms with Crippen molar-refractivity contribution < 1.29 is 29.7 Å². The summed E-state index contributed by atoms with van der Waals surface area (Å²) >= 11 is 0. The molecule has 2 rings (SSSR count). The van der Waals surface area contributed by atoms with Gasteiger partial charge in [-0.05, 0) is 6.07 Å². The fraction of sp³-hybridized carbons (Fsp3) is 0.455. The van der Waals surface area contributed by atoms with Gasteiger partial charge >= 0.3 is 5.69 Å². The van der Waals surface area contributed by atoms with Gasteiger partial charge in [0.1, 0.15) is 18.3 Å². The number of rotatable bonds is 3. The smallest absolute Gasteiger partial charge is 0.311 e. The van der Waals surface area contributed by atoms with Crippen molar-refractivity contribution in [2.75, 3.05) is 6.61 Å². The second kappa shape index (κ2) is 5.49. The van der Waals surface area contributed by atoms with Gasteiger partial charge in [0.2, 0.25) is 6.29 Å². The molecule has 1 fully saturated rings. The summed E-state index contributed by atoms with van der Waals surface area (Å²) in [4.78, 5) is 10.2. The van der Waals surface area contributed by atoms with Gasteiger partial charge in [-0.2, -0.15) is 0 Å². The Kier molecular flexibility index (Phi) is 3.96. The molecule has 4 atom stereocenters. The van der Waals surface area contributed by atoms with Gasteiger partial charge in [-0.3, -0.25) is 10.1 Å². The summed E-state index contributed by atoms with van der Waals surface area (Å²) in [7, 11) is 0. The second-order valence-corrected chi connectivity index (χ2v) is 4.09. The highest BCUT2D eigenvalue weighted by Gasteiger charge is 2.39. The van der Waals surface area contributed by atoms with E-state index < -0.39 is 29.5 Å². The van der Waals surface area contributed by atoms with Gasteiger partial charge in [0.25, 0.3) is 0 Å². The Morgan fingerprint density at radius 2 is 1.95 bits per heavy atom. The average molecular weight is 271 g/mol. The molecule has 3 N–H and O–H groups in total. The van der Waals surface area contributed by atoms with Crippen LogP contribution in [0.2, 0.25) is 0 Å². The molecule has 104 valence electrons. The van der Waals surface area contributed by atoms with E-state index in [2.05, 4.69) is 0 Å². The largest absolute Gasteiger partial charge is 0.455 e. The first-order chi connectivity index (χ1) is 9.00. The van der Waals surface area contributed by atoms with Crippen LogP contribution in [0.1, 0.15) is 0 Å². The average Bonchev–Trinajstić information content (AvgIpc) is 2.40. The molecule has 0 amide bonds. The predicted molar refractivity (Wildman–Crippen MR) is 61.5 cm³/mol. The van der Waals surface area contributed by atoms with Crippen molar-refractivity contribution in [3.05, 3.63) is 34.4 Å². The van der Waals surface area contributed by atoms with Crippen LogP contribution in [0.25, 0.3) is 0 Å². The molecule has 1 aliphatic heterocycles. The van der Waals surface area contributed by atoms with E-state index in [1.807, 2.05) is 0 Å². The number of aliphatic hydroxyl groups is 3. The molecule has 0 bridgehead atoms. The van der Waals surface area contributed by atoms with Gasteiger partial charge < -0.3 is 24.8 Å². The van der Waals surface area contributed by atoms with Crippen molar-refractivity contribution in [2.24, 2.45) is 0 Å². The van der Waals surface area contributed by atoms with E-state index in [9.17, 15) is 25.4 Å². The summed E-state index contributed by atoms with van der Waals surface area (Å²) in [5.74, 6) is -0.0832. The minimum atomic E-state index is -1.50. The molecule has 1 aliphatic rings. The van der Waals surface area contributed by atoms with Crippen LogP contribution in [0.4, 0.5) is 5.69 Å². The quantitative estimate of drug-likeness (QED) is 0.496. The van der Waals surface area contributed by atoms with Crippen LogP contribution in [-0.2, 0) is 4.74 Å². The van der Waals surface area contributed by atoms with Crippen LogP contribution in [0.15, 0.2) is 24.3 Å². The maximum atomic E-state index is 10.8. The molecule has 0 spiro atoms. The summed E-state index contributed by atoms with van der Waals surface area (Å²) in [6.45, 7) is -0.233. The van der Waals surface area contributed by atoms with Crippen LogP contribution in [-0.4, -0.2) is 51.5 Å². The highest BCUT2D eigenvalue weighted by Crippen LogP contribution is 2.29. The van der Waals surface area contributed by atoms with Crippen molar-refractivity contribution >= 4 is 5.69 Å². The molecule has 0 aromatic heterocycles. The van der Waals surface area contributed by atoms with E-state index in [0.29, 0.717) is 0 Å². The number of hydrogen-bond acceptors (Lipinski definition) is 7. The van der Waals surface area contributed by atoms with E-state index in [-0.39, 0.29) is 18.0 Å². The van der Waals surface area contributed by atoms with Gasteiger partial charge in [0, 0.05) is 6.07 Å². The van der Waals surface area contributed by atoms with E-state index in [1.54, 1.807) is 0 Å². The monoisotopic (exact) mass is 271 g/mol. The van der Waals surface area contributed by atoms with Gasteiger partial charge in [-0.25, -0.2) is 0 Å². The Balaban J connectivity index is 2.15. The number of aliphatic hydroxyl groups excluding tert-OH is 3. The van der Waals surface area contributed by atoms with E-state index in [0.717, 1.165) is 0 Å². The van der Waals surface area contributed by atoms with Gasteiger partial charge in [0.05, 0.1) is 11.5 Å². The lowest BCUT2D eigenvalue weighted by Crippen LogP contribution is -2.54. The van der Waals surface area contributed by atoms with E-state index in [4.69, 9.17) is 9.47 Å². The molecule has 0 saturated carbocycles. The Bertz CT molecular complexity index is 466. The highest BCUT2D eigenvalue weighted by atomic mass is 16.7. The van der Waals surface area contributed by atoms with Gasteiger partial charge in [-0.1, -0.05) is 12.1 Å². The van der Waals surface area contributed by atoms with Crippen molar-refractivity contribution in [1.82, 2.24) is 0 Å². The Morgan fingerprint density at radius 1 is 1.26 bits per heavy atom.